The third-order valence-corrected chi connectivity index (χ3v) is 2.88. The van der Waals surface area contributed by atoms with E-state index in [1.807, 2.05) is 32.9 Å². The van der Waals surface area contributed by atoms with Gasteiger partial charge in [0, 0.05) is 11.5 Å². The molecule has 2 aromatic rings. The number of benzene rings is 1. The molecule has 0 aliphatic carbocycles. The number of nitrogens with zero attached hydrogens (tertiary/aromatic N) is 2. The lowest BCUT2D eigenvalue weighted by Crippen LogP contribution is -2.19. The van der Waals surface area contributed by atoms with Crippen molar-refractivity contribution in [2.45, 2.75) is 26.2 Å². The maximum absolute atomic E-state index is 6.07. The summed E-state index contributed by atoms with van der Waals surface area (Å²) in [5.74, 6) is 7.49. The van der Waals surface area contributed by atoms with Crippen molar-refractivity contribution >= 4 is 17.4 Å². The Labute approximate surface area is 123 Å². The van der Waals surface area contributed by atoms with Crippen molar-refractivity contribution in [1.82, 2.24) is 9.97 Å². The van der Waals surface area contributed by atoms with Gasteiger partial charge in [0.05, 0.1) is 5.02 Å². The highest BCUT2D eigenvalue weighted by Gasteiger charge is 2.20. The molecule has 0 aliphatic rings. The standard InChI is InChI=1S/C14H17ClN4O/c1-14(2,3)13-17-11(19-16)8-12(18-13)20-10-7-5-4-6-9(10)15/h4-8H,16H2,1-3H3,(H,17,18,19). The number of ether oxygens (including phenoxy) is 1. The number of rotatable bonds is 3. The van der Waals surface area contributed by atoms with Crippen molar-refractivity contribution in [3.05, 3.63) is 41.2 Å². The van der Waals surface area contributed by atoms with Gasteiger partial charge in [-0.3, -0.25) is 0 Å². The largest absolute Gasteiger partial charge is 0.437 e. The Morgan fingerprint density at radius 1 is 1.20 bits per heavy atom. The second kappa shape index (κ2) is 5.64. The van der Waals surface area contributed by atoms with Crippen molar-refractivity contribution in [3.8, 4) is 11.6 Å². The van der Waals surface area contributed by atoms with E-state index in [4.69, 9.17) is 22.2 Å². The smallest absolute Gasteiger partial charge is 0.224 e. The molecule has 0 atom stereocenters. The summed E-state index contributed by atoms with van der Waals surface area (Å²) in [4.78, 5) is 8.73. The van der Waals surface area contributed by atoms with Gasteiger partial charge in [-0.25, -0.2) is 10.8 Å². The van der Waals surface area contributed by atoms with Crippen LogP contribution in [0, 0.1) is 0 Å². The van der Waals surface area contributed by atoms with Crippen LogP contribution in [0.5, 0.6) is 11.6 Å². The zero-order chi connectivity index (χ0) is 14.8. The van der Waals surface area contributed by atoms with E-state index < -0.39 is 0 Å². The van der Waals surface area contributed by atoms with Gasteiger partial charge in [-0.05, 0) is 12.1 Å². The highest BCUT2D eigenvalue weighted by molar-refractivity contribution is 6.32. The predicted molar refractivity (Wildman–Crippen MR) is 80.1 cm³/mol. The highest BCUT2D eigenvalue weighted by Crippen LogP contribution is 2.30. The summed E-state index contributed by atoms with van der Waals surface area (Å²) in [6.07, 6.45) is 0. The summed E-state index contributed by atoms with van der Waals surface area (Å²) in [6.45, 7) is 6.05. The Morgan fingerprint density at radius 2 is 1.90 bits per heavy atom. The Bertz CT molecular complexity index is 610. The number of nitrogens with two attached hydrogens (primary N) is 1. The summed E-state index contributed by atoms with van der Waals surface area (Å²) < 4.78 is 5.71. The fraction of sp³-hybridized carbons (Fsp3) is 0.286. The normalized spacial score (nSPS) is 11.2. The average Bonchev–Trinajstić information content (AvgIpc) is 2.40. The minimum absolute atomic E-state index is 0.217. The second-order valence-corrected chi connectivity index (χ2v) is 5.75. The van der Waals surface area contributed by atoms with E-state index in [1.165, 1.54) is 0 Å². The third-order valence-electron chi connectivity index (χ3n) is 2.57. The molecule has 2 rings (SSSR count). The van der Waals surface area contributed by atoms with E-state index in [2.05, 4.69) is 15.4 Å². The van der Waals surface area contributed by atoms with Gasteiger partial charge in [0.15, 0.2) is 0 Å². The van der Waals surface area contributed by atoms with Gasteiger partial charge in [-0.1, -0.05) is 44.5 Å². The summed E-state index contributed by atoms with van der Waals surface area (Å²) >= 11 is 6.07. The fourth-order valence-electron chi connectivity index (χ4n) is 1.53. The van der Waals surface area contributed by atoms with Gasteiger partial charge in [-0.15, -0.1) is 0 Å². The predicted octanol–water partition coefficient (Wildman–Crippen LogP) is 3.51. The molecule has 0 bridgehead atoms. The Balaban J connectivity index is 2.39. The molecule has 106 valence electrons. The zero-order valence-electron chi connectivity index (χ0n) is 11.6. The number of hydrazine groups is 1. The van der Waals surface area contributed by atoms with Crippen LogP contribution < -0.4 is 16.0 Å². The molecule has 0 saturated carbocycles. The van der Waals surface area contributed by atoms with Crippen LogP contribution in [0.1, 0.15) is 26.6 Å². The van der Waals surface area contributed by atoms with Gasteiger partial charge >= 0.3 is 0 Å². The molecule has 0 unspecified atom stereocenters. The quantitative estimate of drug-likeness (QED) is 0.669. The van der Waals surface area contributed by atoms with Gasteiger partial charge < -0.3 is 10.2 Å². The van der Waals surface area contributed by atoms with E-state index in [-0.39, 0.29) is 5.41 Å². The van der Waals surface area contributed by atoms with Gasteiger partial charge in [0.25, 0.3) is 0 Å². The van der Waals surface area contributed by atoms with Crippen molar-refractivity contribution in [3.63, 3.8) is 0 Å². The number of aromatic nitrogens is 2. The first-order valence-corrected chi connectivity index (χ1v) is 6.56. The van der Waals surface area contributed by atoms with E-state index in [0.29, 0.717) is 28.3 Å². The first-order chi connectivity index (χ1) is 9.40. The molecule has 1 heterocycles. The van der Waals surface area contributed by atoms with Crippen molar-refractivity contribution in [1.29, 1.82) is 0 Å². The second-order valence-electron chi connectivity index (χ2n) is 5.34. The number of para-hydroxylation sites is 1. The molecule has 6 heteroatoms. The van der Waals surface area contributed by atoms with Crippen molar-refractivity contribution in [2.24, 2.45) is 5.84 Å². The Kier molecular flexibility index (Phi) is 4.11. The molecule has 0 fully saturated rings. The van der Waals surface area contributed by atoms with Crippen LogP contribution in [-0.2, 0) is 5.41 Å². The van der Waals surface area contributed by atoms with Crippen LogP contribution in [0.3, 0.4) is 0 Å². The number of hydrogen-bond donors (Lipinski definition) is 2. The average molecular weight is 293 g/mol. The topological polar surface area (TPSA) is 73.1 Å². The van der Waals surface area contributed by atoms with Crippen LogP contribution >= 0.6 is 11.6 Å². The number of nitrogens with one attached hydrogen (secondary N) is 1. The molecular formula is C14H17ClN4O. The van der Waals surface area contributed by atoms with Gasteiger partial charge in [-0.2, -0.15) is 4.98 Å². The summed E-state index contributed by atoms with van der Waals surface area (Å²) in [6, 6.07) is 8.83. The summed E-state index contributed by atoms with van der Waals surface area (Å²) in [5.41, 5.74) is 2.30. The molecule has 1 aromatic carbocycles. The van der Waals surface area contributed by atoms with E-state index in [1.54, 1.807) is 18.2 Å². The van der Waals surface area contributed by atoms with Crippen LogP contribution in [0.25, 0.3) is 0 Å². The van der Waals surface area contributed by atoms with Crippen LogP contribution in [-0.4, -0.2) is 9.97 Å². The minimum Gasteiger partial charge on any atom is -0.437 e. The highest BCUT2D eigenvalue weighted by atomic mass is 35.5. The summed E-state index contributed by atoms with van der Waals surface area (Å²) in [5, 5.41) is 0.519. The number of nitrogen functional groups attached to an aromatic ring is 1. The molecular weight excluding hydrogens is 276 g/mol. The lowest BCUT2D eigenvalue weighted by molar-refractivity contribution is 0.446. The van der Waals surface area contributed by atoms with E-state index >= 15 is 0 Å². The number of anilines is 1. The maximum Gasteiger partial charge on any atom is 0.224 e. The Morgan fingerprint density at radius 3 is 2.50 bits per heavy atom. The minimum atomic E-state index is -0.217. The lowest BCUT2D eigenvalue weighted by atomic mass is 9.96. The monoisotopic (exact) mass is 292 g/mol. The fourth-order valence-corrected chi connectivity index (χ4v) is 1.70. The molecule has 5 nitrogen and oxygen atoms in total. The molecule has 0 amide bonds. The van der Waals surface area contributed by atoms with Crippen LogP contribution in [0.2, 0.25) is 5.02 Å². The number of halogens is 1. The van der Waals surface area contributed by atoms with Crippen LogP contribution in [0.4, 0.5) is 5.82 Å². The van der Waals surface area contributed by atoms with Crippen molar-refractivity contribution < 1.29 is 4.74 Å². The molecule has 1 aromatic heterocycles. The molecule has 0 spiro atoms. The number of hydrogen-bond acceptors (Lipinski definition) is 5. The molecule has 3 N–H and O–H groups in total. The molecule has 0 saturated heterocycles. The lowest BCUT2D eigenvalue weighted by Gasteiger charge is -2.18. The van der Waals surface area contributed by atoms with E-state index in [0.717, 1.165) is 0 Å². The van der Waals surface area contributed by atoms with Gasteiger partial charge in [0.2, 0.25) is 5.88 Å². The first kappa shape index (κ1) is 14.6. The summed E-state index contributed by atoms with van der Waals surface area (Å²) in [7, 11) is 0. The van der Waals surface area contributed by atoms with Gasteiger partial charge in [0.1, 0.15) is 17.4 Å². The van der Waals surface area contributed by atoms with E-state index in [9.17, 15) is 0 Å². The third kappa shape index (κ3) is 3.37. The van der Waals surface area contributed by atoms with Crippen LogP contribution in [0.15, 0.2) is 30.3 Å². The molecule has 0 radical (unpaired) electrons. The van der Waals surface area contributed by atoms with Crippen molar-refractivity contribution in [2.75, 3.05) is 5.43 Å². The Hall–Kier alpha value is -1.85. The maximum atomic E-state index is 6.07. The SMILES string of the molecule is CC(C)(C)c1nc(NN)cc(Oc2ccccc2Cl)n1. The molecule has 20 heavy (non-hydrogen) atoms. The molecule has 0 aliphatic heterocycles. The first-order valence-electron chi connectivity index (χ1n) is 6.19. The zero-order valence-corrected chi connectivity index (χ0v) is 12.4.